The molecule has 1 saturated carbocycles. The molecule has 1 heterocycles. The lowest BCUT2D eigenvalue weighted by molar-refractivity contribution is -0.149. The summed E-state index contributed by atoms with van der Waals surface area (Å²) in [5.74, 6) is 0.962. The van der Waals surface area contributed by atoms with E-state index in [0.717, 1.165) is 31.4 Å². The van der Waals surface area contributed by atoms with Gasteiger partial charge < -0.3 is 4.74 Å². The van der Waals surface area contributed by atoms with E-state index in [9.17, 15) is 4.79 Å². The highest BCUT2D eigenvalue weighted by molar-refractivity contribution is 9.09. The molecule has 1 aromatic carbocycles. The molecule has 0 saturated heterocycles. The maximum atomic E-state index is 12.5. The number of hydrogen-bond acceptors (Lipinski definition) is 2. The average Bonchev–Trinajstić information content (AvgIpc) is 2.80. The number of rotatable bonds is 1. The first kappa shape index (κ1) is 12.2. The Kier molecular flexibility index (Phi) is 2.97. The topological polar surface area (TPSA) is 26.3 Å². The van der Waals surface area contributed by atoms with E-state index in [2.05, 4.69) is 28.9 Å². The lowest BCUT2D eigenvalue weighted by Gasteiger charge is -2.41. The average molecular weight is 309 g/mol. The zero-order valence-corrected chi connectivity index (χ0v) is 12.1. The van der Waals surface area contributed by atoms with Gasteiger partial charge in [0.2, 0.25) is 0 Å². The van der Waals surface area contributed by atoms with Crippen LogP contribution in [0.5, 0.6) is 5.75 Å². The molecule has 3 rings (SSSR count). The Morgan fingerprint density at radius 2 is 2.00 bits per heavy atom. The third-order valence-corrected chi connectivity index (χ3v) is 4.94. The lowest BCUT2D eigenvalue weighted by atomic mass is 9.68. The van der Waals surface area contributed by atoms with Crippen molar-refractivity contribution in [3.8, 4) is 5.75 Å². The Morgan fingerprint density at radius 3 is 2.67 bits per heavy atom. The van der Waals surface area contributed by atoms with Crippen LogP contribution in [0.1, 0.15) is 44.1 Å². The minimum atomic E-state index is -0.294. The van der Waals surface area contributed by atoms with Crippen LogP contribution in [-0.4, -0.2) is 10.8 Å². The standard InChI is InChI=1S/C15H17BrO2/c1-10(16)13-11-6-2-3-7-12(11)18-14(17)15(13)8-4-5-9-15/h2-3,6-7,10,13H,4-5,8-9H2,1H3/t10-,13?/m1/s1. The van der Waals surface area contributed by atoms with Crippen molar-refractivity contribution in [1.29, 1.82) is 0 Å². The van der Waals surface area contributed by atoms with Crippen LogP contribution in [0.15, 0.2) is 24.3 Å². The lowest BCUT2D eigenvalue weighted by Crippen LogP contribution is -2.44. The van der Waals surface area contributed by atoms with E-state index in [4.69, 9.17) is 4.74 Å². The summed E-state index contributed by atoms with van der Waals surface area (Å²) in [5, 5.41) is 0. The zero-order valence-electron chi connectivity index (χ0n) is 10.5. The summed E-state index contributed by atoms with van der Waals surface area (Å²) in [5.41, 5.74) is 0.889. The van der Waals surface area contributed by atoms with E-state index >= 15 is 0 Å². The minimum Gasteiger partial charge on any atom is -0.426 e. The number of alkyl halides is 1. The molecule has 96 valence electrons. The summed E-state index contributed by atoms with van der Waals surface area (Å²) in [7, 11) is 0. The third-order valence-electron chi connectivity index (χ3n) is 4.41. The molecule has 1 spiro atoms. The summed E-state index contributed by atoms with van der Waals surface area (Å²) in [6, 6.07) is 7.96. The molecule has 0 amide bonds. The van der Waals surface area contributed by atoms with Gasteiger partial charge in [-0.15, -0.1) is 0 Å². The van der Waals surface area contributed by atoms with Crippen LogP contribution in [0, 0.1) is 5.41 Å². The normalized spacial score (nSPS) is 26.8. The van der Waals surface area contributed by atoms with Crippen molar-refractivity contribution in [1.82, 2.24) is 0 Å². The summed E-state index contributed by atoms with van der Waals surface area (Å²) in [6.45, 7) is 2.14. The Morgan fingerprint density at radius 1 is 1.33 bits per heavy atom. The fourth-order valence-corrected chi connectivity index (χ4v) is 4.46. The number of esters is 1. The molecule has 0 N–H and O–H groups in total. The van der Waals surface area contributed by atoms with Crippen molar-refractivity contribution >= 4 is 21.9 Å². The Hall–Kier alpha value is -0.830. The number of ether oxygens (including phenoxy) is 1. The van der Waals surface area contributed by atoms with Gasteiger partial charge in [-0.2, -0.15) is 0 Å². The fraction of sp³-hybridized carbons (Fsp3) is 0.533. The highest BCUT2D eigenvalue weighted by Gasteiger charge is 2.54. The summed E-state index contributed by atoms with van der Waals surface area (Å²) in [4.78, 5) is 12.7. The molecule has 1 aliphatic carbocycles. The van der Waals surface area contributed by atoms with Crippen molar-refractivity contribution in [2.75, 3.05) is 0 Å². The number of benzene rings is 1. The van der Waals surface area contributed by atoms with E-state index < -0.39 is 0 Å². The second kappa shape index (κ2) is 4.37. The maximum absolute atomic E-state index is 12.5. The van der Waals surface area contributed by atoms with Crippen LogP contribution in [-0.2, 0) is 4.79 Å². The van der Waals surface area contributed by atoms with Gasteiger partial charge in [0.05, 0.1) is 5.41 Å². The van der Waals surface area contributed by atoms with Crippen LogP contribution in [0.2, 0.25) is 0 Å². The molecule has 1 aromatic rings. The first-order valence-electron chi connectivity index (χ1n) is 6.60. The van der Waals surface area contributed by atoms with Gasteiger partial charge in [-0.05, 0) is 18.9 Å². The van der Waals surface area contributed by atoms with Crippen LogP contribution in [0.4, 0.5) is 0 Å². The fourth-order valence-electron chi connectivity index (χ4n) is 3.66. The monoisotopic (exact) mass is 308 g/mol. The molecule has 18 heavy (non-hydrogen) atoms. The highest BCUT2D eigenvalue weighted by Crippen LogP contribution is 2.56. The predicted octanol–water partition coefficient (Wildman–Crippen LogP) is 4.03. The highest BCUT2D eigenvalue weighted by atomic mass is 79.9. The number of halogens is 1. The first-order chi connectivity index (χ1) is 8.65. The second-order valence-electron chi connectivity index (χ2n) is 5.45. The van der Waals surface area contributed by atoms with Crippen LogP contribution < -0.4 is 4.74 Å². The maximum Gasteiger partial charge on any atom is 0.318 e. The van der Waals surface area contributed by atoms with E-state index in [1.807, 2.05) is 18.2 Å². The number of fused-ring (bicyclic) bond motifs is 1. The van der Waals surface area contributed by atoms with Crippen molar-refractivity contribution in [3.05, 3.63) is 29.8 Å². The Bertz CT molecular complexity index is 475. The molecular weight excluding hydrogens is 292 g/mol. The van der Waals surface area contributed by atoms with Gasteiger partial charge >= 0.3 is 5.97 Å². The van der Waals surface area contributed by atoms with Crippen molar-refractivity contribution in [3.63, 3.8) is 0 Å². The van der Waals surface area contributed by atoms with Crippen LogP contribution >= 0.6 is 15.9 Å². The number of para-hydroxylation sites is 1. The number of hydrogen-bond donors (Lipinski definition) is 0. The molecule has 2 aliphatic rings. The molecule has 2 nitrogen and oxygen atoms in total. The SMILES string of the molecule is C[C@@H](Br)C1c2ccccc2OC(=O)C12CCCC2. The molecule has 0 bridgehead atoms. The molecule has 0 radical (unpaired) electrons. The van der Waals surface area contributed by atoms with E-state index in [0.29, 0.717) is 0 Å². The largest absolute Gasteiger partial charge is 0.426 e. The molecule has 1 aliphatic heterocycles. The summed E-state index contributed by atoms with van der Waals surface area (Å²) in [6.07, 6.45) is 4.18. The third kappa shape index (κ3) is 1.63. The van der Waals surface area contributed by atoms with Crippen LogP contribution in [0.3, 0.4) is 0 Å². The predicted molar refractivity (Wildman–Crippen MR) is 74.1 cm³/mol. The smallest absolute Gasteiger partial charge is 0.318 e. The Labute approximate surface area is 116 Å². The molecule has 1 fully saturated rings. The molecule has 1 unspecified atom stereocenters. The van der Waals surface area contributed by atoms with Gasteiger partial charge in [-0.3, -0.25) is 4.79 Å². The molecule has 3 heteroatoms. The van der Waals surface area contributed by atoms with Crippen molar-refractivity contribution < 1.29 is 9.53 Å². The number of carbonyl (C=O) groups excluding carboxylic acids is 1. The summed E-state index contributed by atoms with van der Waals surface area (Å²) >= 11 is 3.71. The van der Waals surface area contributed by atoms with Gasteiger partial charge in [-0.25, -0.2) is 0 Å². The van der Waals surface area contributed by atoms with E-state index in [1.54, 1.807) is 0 Å². The van der Waals surface area contributed by atoms with E-state index in [1.165, 1.54) is 5.56 Å². The molecule has 2 atom stereocenters. The van der Waals surface area contributed by atoms with E-state index in [-0.39, 0.29) is 22.1 Å². The zero-order chi connectivity index (χ0) is 12.8. The second-order valence-corrected chi connectivity index (χ2v) is 6.89. The van der Waals surface area contributed by atoms with Crippen molar-refractivity contribution in [2.45, 2.75) is 43.4 Å². The van der Waals surface area contributed by atoms with Crippen LogP contribution in [0.25, 0.3) is 0 Å². The summed E-state index contributed by atoms with van der Waals surface area (Å²) < 4.78 is 5.59. The van der Waals surface area contributed by atoms with Gasteiger partial charge in [0.25, 0.3) is 0 Å². The van der Waals surface area contributed by atoms with Gasteiger partial charge in [-0.1, -0.05) is 53.9 Å². The first-order valence-corrected chi connectivity index (χ1v) is 7.52. The van der Waals surface area contributed by atoms with Gasteiger partial charge in [0.15, 0.2) is 0 Å². The van der Waals surface area contributed by atoms with Gasteiger partial charge in [0, 0.05) is 16.3 Å². The van der Waals surface area contributed by atoms with Gasteiger partial charge in [0.1, 0.15) is 5.75 Å². The molecule has 0 aromatic heterocycles. The number of carbonyl (C=O) groups is 1. The Balaban J connectivity index is 2.15. The quantitative estimate of drug-likeness (QED) is 0.445. The molecular formula is C15H17BrO2. The van der Waals surface area contributed by atoms with Crippen molar-refractivity contribution in [2.24, 2.45) is 5.41 Å². The minimum absolute atomic E-state index is 0.0185.